The number of halogens is 1. The minimum absolute atomic E-state index is 0.164. The van der Waals surface area contributed by atoms with Crippen molar-refractivity contribution in [1.82, 2.24) is 8.94 Å². The molecule has 0 atom stereocenters. The summed E-state index contributed by atoms with van der Waals surface area (Å²) in [7, 11) is 0. The van der Waals surface area contributed by atoms with E-state index in [1.165, 1.54) is 17.6 Å². The number of H-pyrrole nitrogens is 1. The first-order valence-electron chi connectivity index (χ1n) is 8.49. The van der Waals surface area contributed by atoms with Gasteiger partial charge in [0, 0.05) is 11.4 Å². The molecular weight excluding hydrogens is 327 g/mol. The maximum absolute atomic E-state index is 14.5. The Kier molecular flexibility index (Phi) is 3.79. The Morgan fingerprint density at radius 1 is 1.29 bits per heavy atom. The second-order valence-electron chi connectivity index (χ2n) is 6.56. The molecule has 0 radical (unpaired) electrons. The summed E-state index contributed by atoms with van der Waals surface area (Å²) in [5, 5.41) is 0.479. The number of pyridine rings is 1. The van der Waals surface area contributed by atoms with Gasteiger partial charge in [0.1, 0.15) is 16.0 Å². The fraction of sp³-hybridized carbons (Fsp3) is 0.444. The molecule has 0 saturated heterocycles. The lowest BCUT2D eigenvalue weighted by molar-refractivity contribution is 0.600. The molecule has 0 spiro atoms. The first-order chi connectivity index (χ1) is 11.6. The number of unbranched alkanes of at least 4 members (excludes halogenated alkanes) is 2. The van der Waals surface area contributed by atoms with Crippen LogP contribution in [0.5, 0.6) is 0 Å². The first kappa shape index (κ1) is 15.6. The molecule has 0 amide bonds. The third-order valence-electron chi connectivity index (χ3n) is 4.76. The van der Waals surface area contributed by atoms with Crippen LogP contribution in [0.2, 0.25) is 0 Å². The number of aromatic amines is 1. The molecule has 2 heterocycles. The monoisotopic (exact) mass is 346 g/mol. The van der Waals surface area contributed by atoms with Crippen LogP contribution in [0.25, 0.3) is 21.1 Å². The van der Waals surface area contributed by atoms with Crippen LogP contribution in [0.4, 0.5) is 4.39 Å². The molecule has 1 fully saturated rings. The fourth-order valence-electron chi connectivity index (χ4n) is 3.35. The molecule has 0 aliphatic heterocycles. The third kappa shape index (κ3) is 2.40. The van der Waals surface area contributed by atoms with Crippen molar-refractivity contribution in [1.29, 1.82) is 0 Å². The minimum Gasteiger partial charge on any atom is -0.328 e. The summed E-state index contributed by atoms with van der Waals surface area (Å²) in [4.78, 5) is 25.4. The highest BCUT2D eigenvalue weighted by Crippen LogP contribution is 2.40. The average molecular weight is 346 g/mol. The molecule has 1 aliphatic carbocycles. The van der Waals surface area contributed by atoms with Crippen molar-refractivity contribution in [2.24, 2.45) is 0 Å². The van der Waals surface area contributed by atoms with Gasteiger partial charge in [-0.1, -0.05) is 19.8 Å². The predicted octanol–water partition coefficient (Wildman–Crippen LogP) is 4.11. The van der Waals surface area contributed by atoms with Gasteiger partial charge in [-0.25, -0.2) is 4.39 Å². The van der Waals surface area contributed by atoms with E-state index in [-0.39, 0.29) is 22.2 Å². The highest BCUT2D eigenvalue weighted by molar-refractivity contribution is 7.12. The lowest BCUT2D eigenvalue weighted by Gasteiger charge is -2.13. The van der Waals surface area contributed by atoms with Gasteiger partial charge < -0.3 is 4.57 Å². The van der Waals surface area contributed by atoms with Crippen molar-refractivity contribution < 1.29 is 4.39 Å². The molecule has 126 valence electrons. The van der Waals surface area contributed by atoms with Crippen molar-refractivity contribution in [3.05, 3.63) is 44.1 Å². The molecule has 3 aromatic rings. The number of nitrogens with zero attached hydrogens (tertiary/aromatic N) is 1. The van der Waals surface area contributed by atoms with Crippen LogP contribution in [0.1, 0.15) is 50.6 Å². The number of aryl methyl sites for hydroxylation is 1. The van der Waals surface area contributed by atoms with E-state index < -0.39 is 0 Å². The van der Waals surface area contributed by atoms with Crippen molar-refractivity contribution >= 4 is 32.7 Å². The molecule has 1 aromatic carbocycles. The van der Waals surface area contributed by atoms with Crippen LogP contribution in [0, 0.1) is 5.82 Å². The molecule has 4 nitrogen and oxygen atoms in total. The third-order valence-corrected chi connectivity index (χ3v) is 5.64. The Bertz CT molecular complexity index is 1040. The molecule has 1 aliphatic rings. The average Bonchev–Trinajstić information content (AvgIpc) is 3.32. The number of hydrogen-bond acceptors (Lipinski definition) is 3. The number of hydrogen-bond donors (Lipinski definition) is 1. The van der Waals surface area contributed by atoms with E-state index in [0.29, 0.717) is 28.2 Å². The summed E-state index contributed by atoms with van der Waals surface area (Å²) in [5.41, 5.74) is 0.687. The van der Waals surface area contributed by atoms with E-state index in [2.05, 4.69) is 15.9 Å². The van der Waals surface area contributed by atoms with Gasteiger partial charge in [0.05, 0.1) is 5.52 Å². The van der Waals surface area contributed by atoms with Gasteiger partial charge in [0.15, 0.2) is 0 Å². The van der Waals surface area contributed by atoms with Crippen molar-refractivity contribution in [2.75, 3.05) is 0 Å². The Labute approximate surface area is 142 Å². The standard InChI is InChI=1S/C18H19FN2O2S/c1-2-3-4-5-10-8-14-12(9-13(10)19)16(22)15-17(23)20-24-18(15)21(14)11-6-7-11/h8-9,11H,2-7H2,1H3,(H,20,23). The van der Waals surface area contributed by atoms with Gasteiger partial charge >= 0.3 is 0 Å². The number of fused-ring (bicyclic) bond motifs is 2. The smallest absolute Gasteiger partial charge is 0.271 e. The highest BCUT2D eigenvalue weighted by atomic mass is 32.1. The van der Waals surface area contributed by atoms with E-state index in [0.717, 1.165) is 37.6 Å². The summed E-state index contributed by atoms with van der Waals surface area (Å²) < 4.78 is 19.2. The lowest BCUT2D eigenvalue weighted by Crippen LogP contribution is -2.15. The van der Waals surface area contributed by atoms with E-state index in [9.17, 15) is 14.0 Å². The molecular formula is C18H19FN2O2S. The maximum atomic E-state index is 14.5. The molecule has 1 saturated carbocycles. The van der Waals surface area contributed by atoms with Crippen LogP contribution >= 0.6 is 11.5 Å². The van der Waals surface area contributed by atoms with Crippen LogP contribution in [0.15, 0.2) is 21.7 Å². The Morgan fingerprint density at radius 3 is 2.79 bits per heavy atom. The zero-order valence-corrected chi connectivity index (χ0v) is 14.3. The SMILES string of the molecule is CCCCCc1cc2c(cc1F)c(=O)c1c(=O)[nH]sc1n2C1CC1. The molecule has 2 aromatic heterocycles. The zero-order chi connectivity index (χ0) is 16.8. The molecule has 0 bridgehead atoms. The van der Waals surface area contributed by atoms with E-state index in [4.69, 9.17) is 0 Å². The molecule has 1 N–H and O–H groups in total. The van der Waals surface area contributed by atoms with Gasteiger partial charge in [0.25, 0.3) is 5.56 Å². The Hall–Kier alpha value is -1.95. The second kappa shape index (κ2) is 5.84. The summed E-state index contributed by atoms with van der Waals surface area (Å²) in [6.07, 6.45) is 5.82. The largest absolute Gasteiger partial charge is 0.328 e. The summed E-state index contributed by atoms with van der Waals surface area (Å²) in [5.74, 6) is -0.343. The molecule has 0 unspecified atom stereocenters. The van der Waals surface area contributed by atoms with Crippen molar-refractivity contribution in [3.63, 3.8) is 0 Å². The summed E-state index contributed by atoms with van der Waals surface area (Å²) in [6, 6.07) is 3.45. The van der Waals surface area contributed by atoms with Crippen LogP contribution in [-0.2, 0) is 6.42 Å². The van der Waals surface area contributed by atoms with E-state index in [1.807, 2.05) is 6.07 Å². The van der Waals surface area contributed by atoms with Crippen LogP contribution in [-0.4, -0.2) is 8.94 Å². The summed E-state index contributed by atoms with van der Waals surface area (Å²) in [6.45, 7) is 2.12. The predicted molar refractivity (Wildman–Crippen MR) is 95.7 cm³/mol. The van der Waals surface area contributed by atoms with Crippen LogP contribution < -0.4 is 11.0 Å². The van der Waals surface area contributed by atoms with Gasteiger partial charge in [0.2, 0.25) is 5.43 Å². The van der Waals surface area contributed by atoms with Crippen LogP contribution in [0.3, 0.4) is 0 Å². The maximum Gasteiger partial charge on any atom is 0.271 e. The molecule has 6 heteroatoms. The lowest BCUT2D eigenvalue weighted by atomic mass is 10.0. The Morgan fingerprint density at radius 2 is 2.08 bits per heavy atom. The second-order valence-corrected chi connectivity index (χ2v) is 7.36. The van der Waals surface area contributed by atoms with Crippen molar-refractivity contribution in [3.8, 4) is 0 Å². The highest BCUT2D eigenvalue weighted by Gasteiger charge is 2.29. The van der Waals surface area contributed by atoms with Gasteiger partial charge in [-0.2, -0.15) is 0 Å². The quantitative estimate of drug-likeness (QED) is 0.707. The number of benzene rings is 1. The number of nitrogens with one attached hydrogen (secondary N) is 1. The molecule has 24 heavy (non-hydrogen) atoms. The van der Waals surface area contributed by atoms with Crippen molar-refractivity contribution in [2.45, 2.75) is 51.5 Å². The topological polar surface area (TPSA) is 54.9 Å². The normalized spacial score (nSPS) is 14.8. The first-order valence-corrected chi connectivity index (χ1v) is 9.31. The Balaban J connectivity index is 2.01. The van der Waals surface area contributed by atoms with E-state index >= 15 is 0 Å². The minimum atomic E-state index is -0.372. The van der Waals surface area contributed by atoms with Gasteiger partial charge in [-0.15, -0.1) is 0 Å². The number of rotatable bonds is 5. The summed E-state index contributed by atoms with van der Waals surface area (Å²) >= 11 is 1.20. The zero-order valence-electron chi connectivity index (χ0n) is 13.5. The fourth-order valence-corrected chi connectivity index (χ4v) is 4.27. The molecule has 4 rings (SSSR count). The van der Waals surface area contributed by atoms with Gasteiger partial charge in [-0.3, -0.25) is 14.0 Å². The van der Waals surface area contributed by atoms with E-state index in [1.54, 1.807) is 0 Å². The number of aromatic nitrogens is 2. The van der Waals surface area contributed by atoms with Gasteiger partial charge in [-0.05, 0) is 54.9 Å².